The third kappa shape index (κ3) is 5.99. The largest absolute Gasteiger partial charge is 0.449 e. The zero-order chi connectivity index (χ0) is 20.9. The van der Waals surface area contributed by atoms with Crippen molar-refractivity contribution in [2.75, 3.05) is 5.32 Å². The Balaban J connectivity index is 1.99. The zero-order valence-corrected chi connectivity index (χ0v) is 15.3. The number of primary sulfonamides is 1. The van der Waals surface area contributed by atoms with Crippen LogP contribution in [0.15, 0.2) is 53.4 Å². The number of hydrogen-bond acceptors (Lipinski definition) is 6. The molecule has 1 atom stereocenters. The third-order valence-corrected chi connectivity index (χ3v) is 4.31. The Morgan fingerprint density at radius 2 is 1.75 bits per heavy atom. The fraction of sp³-hybridized carbons (Fsp3) is 0.176. The van der Waals surface area contributed by atoms with Crippen LogP contribution in [-0.4, -0.2) is 33.0 Å². The highest BCUT2D eigenvalue weighted by Crippen LogP contribution is 2.17. The summed E-state index contributed by atoms with van der Waals surface area (Å²) in [5.41, 5.74) is 0.172. The standard InChI is InChI=1S/C17H16F2N2O6S/c1-10(15(22)21-12-3-2-4-14(9-12)28(20,24)25)26-16(23)11-5-7-13(8-6-11)27-17(18)19/h2-10,17H,1H3,(H,21,22)(H2,20,24,25)/t10-/m1/s1. The van der Waals surface area contributed by atoms with E-state index in [-0.39, 0.29) is 21.9 Å². The van der Waals surface area contributed by atoms with Crippen molar-refractivity contribution in [1.29, 1.82) is 0 Å². The second-order valence-corrected chi connectivity index (χ2v) is 7.07. The molecule has 0 heterocycles. The van der Waals surface area contributed by atoms with Crippen molar-refractivity contribution < 1.29 is 36.3 Å². The van der Waals surface area contributed by atoms with E-state index in [9.17, 15) is 26.8 Å². The quantitative estimate of drug-likeness (QED) is 0.669. The minimum Gasteiger partial charge on any atom is -0.449 e. The van der Waals surface area contributed by atoms with Crippen molar-refractivity contribution in [3.05, 3.63) is 54.1 Å². The lowest BCUT2D eigenvalue weighted by atomic mass is 10.2. The number of halogens is 2. The first kappa shape index (κ1) is 21.3. The number of esters is 1. The fourth-order valence-electron chi connectivity index (χ4n) is 2.05. The molecular formula is C17H16F2N2O6S. The first-order chi connectivity index (χ1) is 13.1. The first-order valence-corrected chi connectivity index (χ1v) is 9.30. The third-order valence-electron chi connectivity index (χ3n) is 3.40. The van der Waals surface area contributed by atoms with Gasteiger partial charge in [0.2, 0.25) is 10.0 Å². The molecule has 0 aliphatic rings. The van der Waals surface area contributed by atoms with Crippen molar-refractivity contribution in [3.63, 3.8) is 0 Å². The van der Waals surface area contributed by atoms with E-state index in [0.717, 1.165) is 18.2 Å². The Morgan fingerprint density at radius 1 is 1.11 bits per heavy atom. The maximum Gasteiger partial charge on any atom is 0.387 e. The van der Waals surface area contributed by atoms with Crippen LogP contribution in [0, 0.1) is 0 Å². The normalized spacial score (nSPS) is 12.3. The summed E-state index contributed by atoms with van der Waals surface area (Å²) in [7, 11) is -3.94. The lowest BCUT2D eigenvalue weighted by Crippen LogP contribution is -2.30. The number of carbonyl (C=O) groups excluding carboxylic acids is 2. The number of amides is 1. The smallest absolute Gasteiger partial charge is 0.387 e. The average molecular weight is 414 g/mol. The predicted octanol–water partition coefficient (Wildman–Crippen LogP) is 2.12. The van der Waals surface area contributed by atoms with Gasteiger partial charge in [0.25, 0.3) is 5.91 Å². The number of ether oxygens (including phenoxy) is 2. The second-order valence-electron chi connectivity index (χ2n) is 5.51. The van der Waals surface area contributed by atoms with Gasteiger partial charge in [-0.15, -0.1) is 0 Å². The van der Waals surface area contributed by atoms with Crippen LogP contribution in [0.4, 0.5) is 14.5 Å². The zero-order valence-electron chi connectivity index (χ0n) is 14.5. The van der Waals surface area contributed by atoms with Crippen LogP contribution in [0.3, 0.4) is 0 Å². The molecular weight excluding hydrogens is 398 g/mol. The van der Waals surface area contributed by atoms with E-state index >= 15 is 0 Å². The van der Waals surface area contributed by atoms with Crippen molar-refractivity contribution in [2.24, 2.45) is 5.14 Å². The number of hydrogen-bond donors (Lipinski definition) is 2. The van der Waals surface area contributed by atoms with Gasteiger partial charge in [-0.05, 0) is 49.4 Å². The number of benzene rings is 2. The van der Waals surface area contributed by atoms with Gasteiger partial charge in [0.05, 0.1) is 10.5 Å². The summed E-state index contributed by atoms with van der Waals surface area (Å²) in [6.07, 6.45) is -1.22. The molecule has 1 amide bonds. The highest BCUT2D eigenvalue weighted by atomic mass is 32.2. The molecule has 150 valence electrons. The molecule has 2 aromatic rings. The molecule has 0 aromatic heterocycles. The second kappa shape index (κ2) is 8.76. The Labute approximate surface area is 159 Å². The lowest BCUT2D eigenvalue weighted by Gasteiger charge is -2.14. The van der Waals surface area contributed by atoms with E-state index in [2.05, 4.69) is 10.1 Å². The van der Waals surface area contributed by atoms with E-state index in [1.165, 1.54) is 37.3 Å². The Hall–Kier alpha value is -3.05. The van der Waals surface area contributed by atoms with Gasteiger partial charge < -0.3 is 14.8 Å². The van der Waals surface area contributed by atoms with Gasteiger partial charge in [-0.3, -0.25) is 4.79 Å². The molecule has 28 heavy (non-hydrogen) atoms. The van der Waals surface area contributed by atoms with Crippen LogP contribution in [0.1, 0.15) is 17.3 Å². The SMILES string of the molecule is C[C@@H](OC(=O)c1ccc(OC(F)F)cc1)C(=O)Nc1cccc(S(N)(=O)=O)c1. The first-order valence-electron chi connectivity index (χ1n) is 7.76. The van der Waals surface area contributed by atoms with E-state index in [0.29, 0.717) is 0 Å². The Morgan fingerprint density at radius 3 is 2.32 bits per heavy atom. The van der Waals surface area contributed by atoms with Gasteiger partial charge in [-0.25, -0.2) is 18.4 Å². The van der Waals surface area contributed by atoms with Gasteiger partial charge in [0, 0.05) is 5.69 Å². The molecule has 8 nitrogen and oxygen atoms in total. The molecule has 0 fully saturated rings. The molecule has 0 bridgehead atoms. The Bertz CT molecular complexity index is 964. The molecule has 0 radical (unpaired) electrons. The molecule has 2 aromatic carbocycles. The number of nitrogens with one attached hydrogen (secondary N) is 1. The summed E-state index contributed by atoms with van der Waals surface area (Å²) >= 11 is 0. The maximum atomic E-state index is 12.1. The van der Waals surface area contributed by atoms with E-state index in [1.54, 1.807) is 0 Å². The molecule has 0 spiro atoms. The summed E-state index contributed by atoms with van der Waals surface area (Å²) in [6.45, 7) is -1.68. The number of sulfonamides is 1. The van der Waals surface area contributed by atoms with Crippen LogP contribution in [0.5, 0.6) is 5.75 Å². The lowest BCUT2D eigenvalue weighted by molar-refractivity contribution is -0.123. The predicted molar refractivity (Wildman–Crippen MR) is 94.4 cm³/mol. The molecule has 0 saturated heterocycles. The molecule has 0 aliphatic heterocycles. The molecule has 0 saturated carbocycles. The van der Waals surface area contributed by atoms with Gasteiger partial charge in [-0.1, -0.05) is 6.07 Å². The van der Waals surface area contributed by atoms with E-state index in [1.807, 2.05) is 0 Å². The number of anilines is 1. The van der Waals surface area contributed by atoms with Crippen molar-refractivity contribution in [2.45, 2.75) is 24.5 Å². The summed E-state index contributed by atoms with van der Waals surface area (Å²) < 4.78 is 56.1. The van der Waals surface area contributed by atoms with Crippen LogP contribution in [0.2, 0.25) is 0 Å². The number of nitrogens with two attached hydrogens (primary N) is 1. The summed E-state index contributed by atoms with van der Waals surface area (Å²) in [4.78, 5) is 24.0. The van der Waals surface area contributed by atoms with Crippen LogP contribution >= 0.6 is 0 Å². The highest BCUT2D eigenvalue weighted by molar-refractivity contribution is 7.89. The molecule has 0 unspecified atom stereocenters. The Kier molecular flexibility index (Phi) is 6.65. The van der Waals surface area contributed by atoms with E-state index < -0.39 is 34.6 Å². The topological polar surface area (TPSA) is 125 Å². The van der Waals surface area contributed by atoms with Crippen molar-refractivity contribution in [1.82, 2.24) is 0 Å². The molecule has 0 aliphatic carbocycles. The summed E-state index contributed by atoms with van der Waals surface area (Å²) in [6, 6.07) is 9.97. The minimum atomic E-state index is -3.94. The highest BCUT2D eigenvalue weighted by Gasteiger charge is 2.20. The number of alkyl halides is 2. The number of carbonyl (C=O) groups is 2. The van der Waals surface area contributed by atoms with Crippen LogP contribution in [0.25, 0.3) is 0 Å². The fourth-order valence-corrected chi connectivity index (χ4v) is 2.61. The maximum absolute atomic E-state index is 12.1. The van der Waals surface area contributed by atoms with Gasteiger partial charge in [0.1, 0.15) is 5.75 Å². The summed E-state index contributed by atoms with van der Waals surface area (Å²) in [5.74, 6) is -1.70. The van der Waals surface area contributed by atoms with Gasteiger partial charge in [-0.2, -0.15) is 8.78 Å². The monoisotopic (exact) mass is 414 g/mol. The molecule has 3 N–H and O–H groups in total. The van der Waals surface area contributed by atoms with Crippen LogP contribution in [-0.2, 0) is 19.6 Å². The van der Waals surface area contributed by atoms with Crippen LogP contribution < -0.4 is 15.2 Å². The molecule has 11 heteroatoms. The average Bonchev–Trinajstić information content (AvgIpc) is 2.61. The molecule has 2 rings (SSSR count). The van der Waals surface area contributed by atoms with Gasteiger partial charge >= 0.3 is 12.6 Å². The van der Waals surface area contributed by atoms with Crippen molar-refractivity contribution in [3.8, 4) is 5.75 Å². The minimum absolute atomic E-state index is 0.0255. The van der Waals surface area contributed by atoms with Gasteiger partial charge in [0.15, 0.2) is 6.10 Å². The number of rotatable bonds is 7. The summed E-state index contributed by atoms with van der Waals surface area (Å²) in [5, 5.41) is 7.43. The van der Waals surface area contributed by atoms with Crippen molar-refractivity contribution >= 4 is 27.6 Å². The van der Waals surface area contributed by atoms with E-state index in [4.69, 9.17) is 9.88 Å².